The Morgan fingerprint density at radius 2 is 1.73 bits per heavy atom. The lowest BCUT2D eigenvalue weighted by atomic mass is 10.0. The molecule has 2 aromatic rings. The molecule has 2 heterocycles. The van der Waals surface area contributed by atoms with E-state index in [1.807, 2.05) is 24.3 Å². The van der Waals surface area contributed by atoms with Crippen molar-refractivity contribution in [3.63, 3.8) is 0 Å². The molecular formula is C21H20BrN5O3. The molecule has 1 saturated heterocycles. The summed E-state index contributed by atoms with van der Waals surface area (Å²) in [6.45, 7) is 3.96. The highest BCUT2D eigenvalue weighted by atomic mass is 79.9. The summed E-state index contributed by atoms with van der Waals surface area (Å²) in [7, 11) is 0. The fourth-order valence-electron chi connectivity index (χ4n) is 3.50. The molecule has 2 unspecified atom stereocenters. The summed E-state index contributed by atoms with van der Waals surface area (Å²) >= 11 is 3.34. The molecule has 0 aromatic heterocycles. The maximum absolute atomic E-state index is 13.0. The predicted octanol–water partition coefficient (Wildman–Crippen LogP) is 3.50. The van der Waals surface area contributed by atoms with Crippen LogP contribution in [-0.2, 0) is 14.4 Å². The Hall–Kier alpha value is -3.07. The lowest BCUT2D eigenvalue weighted by Gasteiger charge is -2.20. The second-order valence-electron chi connectivity index (χ2n) is 7.51. The maximum Gasteiger partial charge on any atom is 0.263 e. The number of carbonyl (C=O) groups is 3. The van der Waals surface area contributed by atoms with Crippen LogP contribution >= 0.6 is 15.9 Å². The maximum atomic E-state index is 13.0. The van der Waals surface area contributed by atoms with Crippen molar-refractivity contribution >= 4 is 45.0 Å². The molecule has 1 N–H and O–H groups in total. The average Bonchev–Trinajstić information content (AvgIpc) is 3.23. The van der Waals surface area contributed by atoms with Gasteiger partial charge in [0.1, 0.15) is 6.54 Å². The van der Waals surface area contributed by atoms with E-state index in [0.717, 1.165) is 14.9 Å². The lowest BCUT2D eigenvalue weighted by molar-refractivity contribution is -0.123. The van der Waals surface area contributed by atoms with Crippen molar-refractivity contribution in [3.05, 3.63) is 58.6 Å². The fraction of sp³-hybridized carbons (Fsp3) is 0.286. The Balaban J connectivity index is 1.47. The van der Waals surface area contributed by atoms with Gasteiger partial charge >= 0.3 is 0 Å². The molecule has 154 valence electrons. The summed E-state index contributed by atoms with van der Waals surface area (Å²) in [5, 5.41) is 11.9. The molecular weight excluding hydrogens is 450 g/mol. The number of amides is 3. The molecule has 30 heavy (non-hydrogen) atoms. The van der Waals surface area contributed by atoms with Gasteiger partial charge in [0.25, 0.3) is 11.8 Å². The average molecular weight is 470 g/mol. The molecule has 2 aliphatic heterocycles. The van der Waals surface area contributed by atoms with Crippen LogP contribution in [0.5, 0.6) is 0 Å². The summed E-state index contributed by atoms with van der Waals surface area (Å²) in [6, 6.07) is 12.6. The van der Waals surface area contributed by atoms with Crippen LogP contribution in [0.4, 0.5) is 11.4 Å². The molecule has 2 atom stereocenters. The van der Waals surface area contributed by atoms with Crippen molar-refractivity contribution in [2.45, 2.75) is 31.8 Å². The summed E-state index contributed by atoms with van der Waals surface area (Å²) in [5.74, 6) is -0.862. The lowest BCUT2D eigenvalue weighted by Crippen LogP contribution is -2.43. The zero-order chi connectivity index (χ0) is 21.4. The van der Waals surface area contributed by atoms with Crippen molar-refractivity contribution in [1.82, 2.24) is 5.01 Å². The number of hydrogen-bond donors (Lipinski definition) is 1. The number of halogens is 1. The quantitative estimate of drug-likeness (QED) is 0.677. The van der Waals surface area contributed by atoms with Crippen LogP contribution in [0.15, 0.2) is 63.3 Å². The van der Waals surface area contributed by atoms with Gasteiger partial charge in [-0.05, 0) is 47.9 Å². The molecule has 0 bridgehead atoms. The highest BCUT2D eigenvalue weighted by Gasteiger charge is 2.55. The van der Waals surface area contributed by atoms with E-state index in [2.05, 4.69) is 45.4 Å². The van der Waals surface area contributed by atoms with E-state index in [4.69, 9.17) is 0 Å². The van der Waals surface area contributed by atoms with Gasteiger partial charge in [-0.25, -0.2) is 4.90 Å². The molecule has 0 spiro atoms. The Bertz CT molecular complexity index is 1020. The number of hydrogen-bond acceptors (Lipinski definition) is 6. The number of anilines is 2. The van der Waals surface area contributed by atoms with Gasteiger partial charge in [0.05, 0.1) is 5.69 Å². The van der Waals surface area contributed by atoms with Crippen LogP contribution in [0.25, 0.3) is 0 Å². The normalized spacial score (nSPS) is 20.3. The number of fused-ring (bicyclic) bond motifs is 1. The van der Waals surface area contributed by atoms with Gasteiger partial charge in [-0.15, -0.1) is 0 Å². The zero-order valence-electron chi connectivity index (χ0n) is 16.4. The first-order valence-corrected chi connectivity index (χ1v) is 10.3. The Labute approximate surface area is 182 Å². The van der Waals surface area contributed by atoms with E-state index in [9.17, 15) is 14.4 Å². The van der Waals surface area contributed by atoms with Gasteiger partial charge in [0.15, 0.2) is 12.1 Å². The first-order valence-electron chi connectivity index (χ1n) is 9.56. The van der Waals surface area contributed by atoms with E-state index >= 15 is 0 Å². The van der Waals surface area contributed by atoms with E-state index in [1.165, 1.54) is 5.01 Å². The van der Waals surface area contributed by atoms with E-state index in [1.54, 1.807) is 24.3 Å². The standard InChI is InChI=1S/C21H20BrN5O3/c1-12(2)13-3-9-16(10-4-13)27-20(29)18-19(21(27)30)26(25-24-18)11-17(28)23-15-7-5-14(22)6-8-15/h3-10,12,18-19H,11H2,1-2H3,(H,23,28). The van der Waals surface area contributed by atoms with E-state index in [-0.39, 0.29) is 12.5 Å². The highest BCUT2D eigenvalue weighted by Crippen LogP contribution is 2.32. The zero-order valence-corrected chi connectivity index (χ0v) is 18.0. The van der Waals surface area contributed by atoms with E-state index < -0.39 is 23.9 Å². The summed E-state index contributed by atoms with van der Waals surface area (Å²) < 4.78 is 0.897. The molecule has 2 aliphatic rings. The molecule has 1 fully saturated rings. The van der Waals surface area contributed by atoms with Crippen molar-refractivity contribution in [3.8, 4) is 0 Å². The number of carbonyl (C=O) groups excluding carboxylic acids is 3. The first kappa shape index (κ1) is 20.2. The molecule has 0 saturated carbocycles. The molecule has 8 nitrogen and oxygen atoms in total. The number of benzene rings is 2. The minimum absolute atomic E-state index is 0.181. The van der Waals surface area contributed by atoms with Crippen LogP contribution in [0, 0.1) is 0 Å². The molecule has 2 aromatic carbocycles. The smallest absolute Gasteiger partial charge is 0.263 e. The molecule has 0 aliphatic carbocycles. The third kappa shape index (κ3) is 3.72. The molecule has 9 heteroatoms. The van der Waals surface area contributed by atoms with Gasteiger partial charge < -0.3 is 5.32 Å². The van der Waals surface area contributed by atoms with Crippen LogP contribution in [0.3, 0.4) is 0 Å². The fourth-order valence-corrected chi connectivity index (χ4v) is 3.76. The second-order valence-corrected chi connectivity index (χ2v) is 8.42. The molecule has 3 amide bonds. The predicted molar refractivity (Wildman–Crippen MR) is 115 cm³/mol. The van der Waals surface area contributed by atoms with Crippen LogP contribution in [0.1, 0.15) is 25.3 Å². The van der Waals surface area contributed by atoms with Crippen molar-refractivity contribution in [2.24, 2.45) is 10.3 Å². The van der Waals surface area contributed by atoms with Crippen molar-refractivity contribution in [1.29, 1.82) is 0 Å². The number of rotatable bonds is 5. The third-order valence-electron chi connectivity index (χ3n) is 5.11. The Morgan fingerprint density at radius 1 is 1.07 bits per heavy atom. The minimum Gasteiger partial charge on any atom is -0.324 e. The number of imide groups is 1. The largest absolute Gasteiger partial charge is 0.324 e. The number of nitrogens with one attached hydrogen (secondary N) is 1. The second kappa shape index (κ2) is 7.98. The van der Waals surface area contributed by atoms with Gasteiger partial charge in [-0.2, -0.15) is 5.11 Å². The van der Waals surface area contributed by atoms with Crippen LogP contribution in [-0.4, -0.2) is 41.4 Å². The first-order chi connectivity index (χ1) is 14.3. The Kier molecular flexibility index (Phi) is 5.38. The van der Waals surface area contributed by atoms with Gasteiger partial charge in [0, 0.05) is 10.2 Å². The van der Waals surface area contributed by atoms with Crippen molar-refractivity contribution < 1.29 is 14.4 Å². The third-order valence-corrected chi connectivity index (χ3v) is 5.64. The molecule has 0 radical (unpaired) electrons. The van der Waals surface area contributed by atoms with Gasteiger partial charge in [-0.1, -0.05) is 47.1 Å². The van der Waals surface area contributed by atoms with Gasteiger partial charge in [0.2, 0.25) is 5.91 Å². The monoisotopic (exact) mass is 469 g/mol. The van der Waals surface area contributed by atoms with E-state index in [0.29, 0.717) is 17.3 Å². The van der Waals surface area contributed by atoms with Gasteiger partial charge in [-0.3, -0.25) is 19.4 Å². The number of nitrogens with zero attached hydrogens (tertiary/aromatic N) is 4. The van der Waals surface area contributed by atoms with Crippen molar-refractivity contribution in [2.75, 3.05) is 16.8 Å². The van der Waals surface area contributed by atoms with Crippen LogP contribution < -0.4 is 10.2 Å². The summed E-state index contributed by atoms with van der Waals surface area (Å²) in [5.41, 5.74) is 2.24. The minimum atomic E-state index is -0.928. The summed E-state index contributed by atoms with van der Waals surface area (Å²) in [6.07, 6.45) is 0. The van der Waals surface area contributed by atoms with Crippen LogP contribution in [0.2, 0.25) is 0 Å². The topological polar surface area (TPSA) is 94.4 Å². The SMILES string of the molecule is CC(C)c1ccc(N2C(=O)C3N=NN(CC(=O)Nc4ccc(Br)cc4)C3C2=O)cc1. The Morgan fingerprint density at radius 3 is 2.37 bits per heavy atom. The summed E-state index contributed by atoms with van der Waals surface area (Å²) in [4.78, 5) is 39.3. The molecule has 4 rings (SSSR count). The highest BCUT2D eigenvalue weighted by molar-refractivity contribution is 9.10.